The van der Waals surface area contributed by atoms with Crippen LogP contribution in [0.3, 0.4) is 0 Å². The average Bonchev–Trinajstić information content (AvgIpc) is 2.80. The van der Waals surface area contributed by atoms with E-state index in [0.29, 0.717) is 5.02 Å². The number of hydrogen-bond acceptors (Lipinski definition) is 2. The number of rotatable bonds is 3. The highest BCUT2D eigenvalue weighted by atomic mass is 79.9. The molecular formula is C13H13BrClNS. The lowest BCUT2D eigenvalue weighted by atomic mass is 10.1. The summed E-state index contributed by atoms with van der Waals surface area (Å²) in [6.45, 7) is 2.15. The highest BCUT2D eigenvalue weighted by Gasteiger charge is 2.15. The Kier molecular flexibility index (Phi) is 4.26. The van der Waals surface area contributed by atoms with Gasteiger partial charge in [-0.3, -0.25) is 0 Å². The van der Waals surface area contributed by atoms with Crippen LogP contribution in [0.15, 0.2) is 34.8 Å². The molecule has 2 rings (SSSR count). The highest BCUT2D eigenvalue weighted by molar-refractivity contribution is 9.10. The van der Waals surface area contributed by atoms with Gasteiger partial charge in [0.2, 0.25) is 0 Å². The maximum absolute atomic E-state index is 6.26. The number of thiophene rings is 1. The molecular weight excluding hydrogens is 318 g/mol. The van der Waals surface area contributed by atoms with Crippen molar-refractivity contribution in [1.29, 1.82) is 0 Å². The number of halogens is 2. The molecule has 1 aromatic heterocycles. The third-order valence-corrected chi connectivity index (χ3v) is 5.28. The van der Waals surface area contributed by atoms with E-state index in [0.717, 1.165) is 21.3 Å². The first-order chi connectivity index (χ1) is 8.13. The number of nitrogens with two attached hydrogens (primary N) is 1. The largest absolute Gasteiger partial charge is 0.320 e. The molecule has 4 heteroatoms. The predicted molar refractivity (Wildman–Crippen MR) is 78.9 cm³/mol. The molecule has 0 amide bonds. The summed E-state index contributed by atoms with van der Waals surface area (Å²) in [5.74, 6) is 0. The van der Waals surface area contributed by atoms with Crippen LogP contribution >= 0.6 is 38.9 Å². The Morgan fingerprint density at radius 1 is 1.35 bits per heavy atom. The van der Waals surface area contributed by atoms with Crippen LogP contribution in [0.2, 0.25) is 5.02 Å². The minimum atomic E-state index is -0.148. The molecule has 0 saturated heterocycles. The minimum absolute atomic E-state index is 0.148. The molecule has 0 bridgehead atoms. The topological polar surface area (TPSA) is 26.0 Å². The summed E-state index contributed by atoms with van der Waals surface area (Å²) in [6.07, 6.45) is 1.05. The van der Waals surface area contributed by atoms with Gasteiger partial charge in [-0.05, 0) is 46.1 Å². The predicted octanol–water partition coefficient (Wildman–Crippen LogP) is 4.77. The molecule has 0 aliphatic carbocycles. The summed E-state index contributed by atoms with van der Waals surface area (Å²) in [6, 6.07) is 9.93. The van der Waals surface area contributed by atoms with Crippen molar-refractivity contribution >= 4 is 38.9 Å². The smallest absolute Gasteiger partial charge is 0.0661 e. The van der Waals surface area contributed by atoms with Crippen LogP contribution in [0.1, 0.15) is 28.3 Å². The second kappa shape index (κ2) is 5.53. The van der Waals surface area contributed by atoms with Crippen molar-refractivity contribution in [1.82, 2.24) is 0 Å². The fourth-order valence-corrected chi connectivity index (χ4v) is 3.26. The molecule has 0 spiro atoms. The standard InChI is InChI=1S/C13H13BrClNS/c1-2-8-6-7-11(17-8)13(16)9-4-3-5-10(14)12(9)15/h3-7,13H,2,16H2,1H3. The second-order valence-electron chi connectivity index (χ2n) is 3.78. The maximum Gasteiger partial charge on any atom is 0.0661 e. The van der Waals surface area contributed by atoms with E-state index in [1.54, 1.807) is 11.3 Å². The maximum atomic E-state index is 6.26. The Bertz CT molecular complexity index is 524. The SMILES string of the molecule is CCc1ccc(C(N)c2cccc(Br)c2Cl)s1. The lowest BCUT2D eigenvalue weighted by Gasteiger charge is -2.12. The molecule has 2 aromatic rings. The summed E-state index contributed by atoms with van der Waals surface area (Å²) in [7, 11) is 0. The Morgan fingerprint density at radius 2 is 2.12 bits per heavy atom. The van der Waals surface area contributed by atoms with Crippen LogP contribution < -0.4 is 5.73 Å². The van der Waals surface area contributed by atoms with Crippen LogP contribution in [0.5, 0.6) is 0 Å². The van der Waals surface area contributed by atoms with Gasteiger partial charge in [0, 0.05) is 14.2 Å². The first-order valence-electron chi connectivity index (χ1n) is 5.41. The Hall–Kier alpha value is -0.350. The molecule has 1 unspecified atom stereocenters. The number of benzene rings is 1. The minimum Gasteiger partial charge on any atom is -0.320 e. The lowest BCUT2D eigenvalue weighted by molar-refractivity contribution is 0.893. The van der Waals surface area contributed by atoms with Gasteiger partial charge in [-0.25, -0.2) is 0 Å². The fourth-order valence-electron chi connectivity index (χ4n) is 1.67. The van der Waals surface area contributed by atoms with E-state index in [-0.39, 0.29) is 6.04 Å². The zero-order valence-corrected chi connectivity index (χ0v) is 12.6. The molecule has 0 aliphatic heterocycles. The van der Waals surface area contributed by atoms with Crippen molar-refractivity contribution in [2.75, 3.05) is 0 Å². The summed E-state index contributed by atoms with van der Waals surface area (Å²) in [4.78, 5) is 2.50. The first-order valence-corrected chi connectivity index (χ1v) is 7.40. The average molecular weight is 331 g/mol. The molecule has 1 atom stereocenters. The van der Waals surface area contributed by atoms with Gasteiger partial charge in [0.1, 0.15) is 0 Å². The number of aryl methyl sites for hydroxylation is 1. The van der Waals surface area contributed by atoms with Gasteiger partial charge in [-0.15, -0.1) is 11.3 Å². The van der Waals surface area contributed by atoms with Crippen molar-refractivity contribution in [2.45, 2.75) is 19.4 Å². The Balaban J connectivity index is 2.36. The molecule has 0 radical (unpaired) electrons. The summed E-state index contributed by atoms with van der Waals surface area (Å²) < 4.78 is 0.888. The van der Waals surface area contributed by atoms with Gasteiger partial charge >= 0.3 is 0 Å². The van der Waals surface area contributed by atoms with E-state index in [1.807, 2.05) is 18.2 Å². The highest BCUT2D eigenvalue weighted by Crippen LogP contribution is 2.34. The van der Waals surface area contributed by atoms with Gasteiger partial charge in [-0.1, -0.05) is 30.7 Å². The van der Waals surface area contributed by atoms with Crippen molar-refractivity contribution in [3.63, 3.8) is 0 Å². The van der Waals surface area contributed by atoms with Crippen LogP contribution in [-0.2, 0) is 6.42 Å². The second-order valence-corrected chi connectivity index (χ2v) is 6.21. The third-order valence-electron chi connectivity index (χ3n) is 2.65. The summed E-state index contributed by atoms with van der Waals surface area (Å²) >= 11 is 11.4. The van der Waals surface area contributed by atoms with Gasteiger partial charge in [0.15, 0.2) is 0 Å². The van der Waals surface area contributed by atoms with E-state index in [4.69, 9.17) is 17.3 Å². The van der Waals surface area contributed by atoms with Crippen molar-refractivity contribution < 1.29 is 0 Å². The molecule has 17 heavy (non-hydrogen) atoms. The fraction of sp³-hybridized carbons (Fsp3) is 0.231. The van der Waals surface area contributed by atoms with Gasteiger partial charge in [0.05, 0.1) is 11.1 Å². The zero-order valence-electron chi connectivity index (χ0n) is 9.41. The third kappa shape index (κ3) is 2.74. The van der Waals surface area contributed by atoms with Crippen molar-refractivity contribution in [3.8, 4) is 0 Å². The van der Waals surface area contributed by atoms with E-state index >= 15 is 0 Å². The molecule has 0 fully saturated rings. The van der Waals surface area contributed by atoms with E-state index in [2.05, 4.69) is 35.0 Å². The van der Waals surface area contributed by atoms with Gasteiger partial charge in [-0.2, -0.15) is 0 Å². The Morgan fingerprint density at radius 3 is 2.76 bits per heavy atom. The van der Waals surface area contributed by atoms with Gasteiger partial charge < -0.3 is 5.73 Å². The zero-order chi connectivity index (χ0) is 12.4. The number of hydrogen-bond donors (Lipinski definition) is 1. The Labute approximate surface area is 119 Å². The van der Waals surface area contributed by atoms with E-state index in [9.17, 15) is 0 Å². The molecule has 1 nitrogen and oxygen atoms in total. The van der Waals surface area contributed by atoms with Crippen LogP contribution in [-0.4, -0.2) is 0 Å². The molecule has 1 heterocycles. The lowest BCUT2D eigenvalue weighted by Crippen LogP contribution is -2.10. The van der Waals surface area contributed by atoms with E-state index < -0.39 is 0 Å². The van der Waals surface area contributed by atoms with Crippen molar-refractivity contribution in [2.24, 2.45) is 5.73 Å². The van der Waals surface area contributed by atoms with Gasteiger partial charge in [0.25, 0.3) is 0 Å². The molecule has 2 N–H and O–H groups in total. The normalized spacial score (nSPS) is 12.7. The van der Waals surface area contributed by atoms with Crippen LogP contribution in [0.4, 0.5) is 0 Å². The molecule has 90 valence electrons. The van der Waals surface area contributed by atoms with Crippen LogP contribution in [0.25, 0.3) is 0 Å². The molecule has 0 aliphatic rings. The molecule has 0 saturated carbocycles. The quantitative estimate of drug-likeness (QED) is 0.861. The summed E-state index contributed by atoms with van der Waals surface area (Å²) in [5, 5.41) is 0.700. The summed E-state index contributed by atoms with van der Waals surface area (Å²) in [5.41, 5.74) is 7.22. The molecule has 1 aromatic carbocycles. The first kappa shape index (κ1) is 13.1. The van der Waals surface area contributed by atoms with Crippen LogP contribution in [0, 0.1) is 0 Å². The monoisotopic (exact) mass is 329 g/mol. The van der Waals surface area contributed by atoms with Crippen molar-refractivity contribution in [3.05, 3.63) is 55.1 Å². The van der Waals surface area contributed by atoms with E-state index in [1.165, 1.54) is 4.88 Å².